The van der Waals surface area contributed by atoms with Crippen LogP contribution in [0.15, 0.2) is 12.2 Å². The summed E-state index contributed by atoms with van der Waals surface area (Å²) in [5.41, 5.74) is 0. The van der Waals surface area contributed by atoms with E-state index in [1.54, 1.807) is 0 Å². The van der Waals surface area contributed by atoms with Gasteiger partial charge < -0.3 is 40.3 Å². The molecule has 6 N–H and O–H groups in total. The summed E-state index contributed by atoms with van der Waals surface area (Å²) in [5, 5.41) is 54.0. The van der Waals surface area contributed by atoms with E-state index in [9.17, 15) is 30.3 Å². The van der Waals surface area contributed by atoms with Gasteiger partial charge in [-0.2, -0.15) is 0 Å². The molecule has 0 aromatic heterocycles. The largest absolute Gasteiger partial charge is 0.394 e. The third-order valence-electron chi connectivity index (χ3n) is 9.87. The molecular formula is C40H77NO8. The van der Waals surface area contributed by atoms with Gasteiger partial charge in [0, 0.05) is 6.42 Å². The Kier molecular flexibility index (Phi) is 29.7. The number of nitrogens with one attached hydrogen (secondary N) is 1. The van der Waals surface area contributed by atoms with Crippen molar-refractivity contribution in [1.29, 1.82) is 0 Å². The Labute approximate surface area is 299 Å². The quantitative estimate of drug-likeness (QED) is 0.0307. The fraction of sp³-hybridized carbons (Fsp3) is 0.925. The fourth-order valence-electron chi connectivity index (χ4n) is 6.51. The highest BCUT2D eigenvalue weighted by Crippen LogP contribution is 2.23. The van der Waals surface area contributed by atoms with Crippen LogP contribution in [0, 0.1) is 0 Å². The van der Waals surface area contributed by atoms with Gasteiger partial charge in [-0.3, -0.25) is 4.79 Å². The van der Waals surface area contributed by atoms with Gasteiger partial charge >= 0.3 is 0 Å². The summed E-state index contributed by atoms with van der Waals surface area (Å²) in [4.78, 5) is 12.9. The van der Waals surface area contributed by atoms with E-state index in [0.29, 0.717) is 12.8 Å². The van der Waals surface area contributed by atoms with Gasteiger partial charge in [0.05, 0.1) is 25.4 Å². The smallest absolute Gasteiger partial charge is 0.220 e. The SMILES string of the molecule is CCCCCCC/C=C/CCCC[C@@H](O)[C@H](CO[C@H]1O[C@@H](CO)[C@H](O)C(O)C1O)NC(=O)CCCCCCCCCCCCCCCCC. The van der Waals surface area contributed by atoms with Gasteiger partial charge in [-0.1, -0.05) is 148 Å². The number of carbonyl (C=O) groups excluding carboxylic acids is 1. The molecule has 0 radical (unpaired) electrons. The highest BCUT2D eigenvalue weighted by atomic mass is 16.7. The lowest BCUT2D eigenvalue weighted by molar-refractivity contribution is -0.302. The number of aliphatic hydroxyl groups excluding tert-OH is 5. The van der Waals surface area contributed by atoms with Gasteiger partial charge in [-0.15, -0.1) is 0 Å². The number of hydrogen-bond donors (Lipinski definition) is 6. The first-order chi connectivity index (χ1) is 23.8. The van der Waals surface area contributed by atoms with Crippen molar-refractivity contribution < 1.29 is 39.8 Å². The van der Waals surface area contributed by atoms with Crippen LogP contribution >= 0.6 is 0 Å². The zero-order chi connectivity index (χ0) is 36.0. The van der Waals surface area contributed by atoms with Crippen LogP contribution in [0.3, 0.4) is 0 Å². The second-order valence-electron chi connectivity index (χ2n) is 14.4. The van der Waals surface area contributed by atoms with Crippen LogP contribution in [-0.2, 0) is 14.3 Å². The van der Waals surface area contributed by atoms with E-state index < -0.39 is 49.5 Å². The van der Waals surface area contributed by atoms with E-state index in [-0.39, 0.29) is 12.5 Å². The number of carbonyl (C=O) groups is 1. The van der Waals surface area contributed by atoms with E-state index >= 15 is 0 Å². The number of aliphatic hydroxyl groups is 5. The molecule has 1 aliphatic heterocycles. The lowest BCUT2D eigenvalue weighted by Crippen LogP contribution is -2.60. The predicted molar refractivity (Wildman–Crippen MR) is 198 cm³/mol. The number of amides is 1. The fourth-order valence-corrected chi connectivity index (χ4v) is 6.51. The molecule has 2 unspecified atom stereocenters. The average molecular weight is 700 g/mol. The first kappa shape index (κ1) is 46.0. The molecule has 1 heterocycles. The molecule has 9 heteroatoms. The van der Waals surface area contributed by atoms with Crippen LogP contribution in [0.4, 0.5) is 0 Å². The van der Waals surface area contributed by atoms with Crippen molar-refractivity contribution in [2.45, 2.75) is 224 Å². The minimum absolute atomic E-state index is 0.146. The average Bonchev–Trinajstić information content (AvgIpc) is 3.10. The summed E-state index contributed by atoms with van der Waals surface area (Å²) in [6.07, 6.45) is 26.5. The zero-order valence-corrected chi connectivity index (χ0v) is 31.5. The molecule has 0 spiro atoms. The number of ether oxygens (including phenoxy) is 2. The molecule has 0 bridgehead atoms. The van der Waals surface area contributed by atoms with Crippen molar-refractivity contribution in [3.63, 3.8) is 0 Å². The molecule has 1 rings (SSSR count). The Balaban J connectivity index is 2.39. The number of allylic oxidation sites excluding steroid dienone is 2. The monoisotopic (exact) mass is 700 g/mol. The van der Waals surface area contributed by atoms with Crippen LogP contribution < -0.4 is 5.32 Å². The predicted octanol–water partition coefficient (Wildman–Crippen LogP) is 7.39. The van der Waals surface area contributed by atoms with Crippen LogP contribution in [0.1, 0.15) is 181 Å². The Bertz CT molecular complexity index is 781. The topological polar surface area (TPSA) is 149 Å². The molecule has 0 aliphatic carbocycles. The second-order valence-corrected chi connectivity index (χ2v) is 14.4. The van der Waals surface area contributed by atoms with Gasteiger partial charge in [0.2, 0.25) is 5.91 Å². The Morgan fingerprint density at radius 3 is 1.65 bits per heavy atom. The maximum Gasteiger partial charge on any atom is 0.220 e. The van der Waals surface area contributed by atoms with Crippen molar-refractivity contribution in [1.82, 2.24) is 5.32 Å². The highest BCUT2D eigenvalue weighted by molar-refractivity contribution is 5.76. The normalized spacial score (nSPS) is 22.5. The highest BCUT2D eigenvalue weighted by Gasteiger charge is 2.44. The van der Waals surface area contributed by atoms with Crippen LogP contribution in [0.5, 0.6) is 0 Å². The summed E-state index contributed by atoms with van der Waals surface area (Å²) in [5.74, 6) is -0.155. The molecule has 1 aliphatic rings. The molecule has 49 heavy (non-hydrogen) atoms. The summed E-state index contributed by atoms with van der Waals surface area (Å²) >= 11 is 0. The maximum absolute atomic E-state index is 12.9. The van der Waals surface area contributed by atoms with Crippen molar-refractivity contribution in [3.05, 3.63) is 12.2 Å². The second kappa shape index (κ2) is 31.6. The molecule has 0 saturated carbocycles. The number of rotatable bonds is 33. The van der Waals surface area contributed by atoms with E-state index in [2.05, 4.69) is 31.3 Å². The summed E-state index contributed by atoms with van der Waals surface area (Å²) in [6.45, 7) is 3.78. The van der Waals surface area contributed by atoms with Gasteiger partial charge in [0.1, 0.15) is 24.4 Å². The first-order valence-corrected chi connectivity index (χ1v) is 20.4. The van der Waals surface area contributed by atoms with Crippen LogP contribution in [0.2, 0.25) is 0 Å². The lowest BCUT2D eigenvalue weighted by Gasteiger charge is -2.40. The minimum atomic E-state index is -1.55. The minimum Gasteiger partial charge on any atom is -0.394 e. The van der Waals surface area contributed by atoms with E-state index in [1.165, 1.54) is 109 Å². The number of unbranched alkanes of at least 4 members (excludes halogenated alkanes) is 21. The van der Waals surface area contributed by atoms with E-state index in [0.717, 1.165) is 44.9 Å². The third-order valence-corrected chi connectivity index (χ3v) is 9.87. The van der Waals surface area contributed by atoms with Crippen molar-refractivity contribution in [2.24, 2.45) is 0 Å². The standard InChI is InChI=1S/C40H77NO8/c1-3-5-7-9-11-13-15-16-17-18-20-22-24-26-28-30-36(44)41-33(32-48-40-39(47)38(46)37(45)35(31-42)49-40)34(43)29-27-25-23-21-19-14-12-10-8-6-4-2/h19,21,33-35,37-40,42-43,45-47H,3-18,20,22-32H2,1-2H3,(H,41,44)/b21-19+/t33-,34+,35-,37-,38?,39?,40-/m0/s1. The molecule has 0 aromatic carbocycles. The van der Waals surface area contributed by atoms with Crippen LogP contribution in [-0.4, -0.2) is 87.5 Å². The third kappa shape index (κ3) is 23.2. The van der Waals surface area contributed by atoms with Crippen molar-refractivity contribution in [3.8, 4) is 0 Å². The van der Waals surface area contributed by atoms with E-state index in [4.69, 9.17) is 9.47 Å². The Morgan fingerprint density at radius 2 is 1.14 bits per heavy atom. The Morgan fingerprint density at radius 1 is 0.673 bits per heavy atom. The molecule has 0 aromatic rings. The molecule has 290 valence electrons. The van der Waals surface area contributed by atoms with E-state index in [1.807, 2.05) is 0 Å². The van der Waals surface area contributed by atoms with Gasteiger partial charge in [-0.05, 0) is 38.5 Å². The summed E-state index contributed by atoms with van der Waals surface area (Å²) in [6, 6.07) is -0.727. The Hall–Kier alpha value is -1.07. The maximum atomic E-state index is 12.9. The van der Waals surface area contributed by atoms with Gasteiger partial charge in [0.15, 0.2) is 6.29 Å². The molecule has 1 fully saturated rings. The van der Waals surface area contributed by atoms with Crippen molar-refractivity contribution in [2.75, 3.05) is 13.2 Å². The summed E-state index contributed by atoms with van der Waals surface area (Å²) in [7, 11) is 0. The van der Waals surface area contributed by atoms with Crippen molar-refractivity contribution >= 4 is 5.91 Å². The molecule has 7 atom stereocenters. The zero-order valence-electron chi connectivity index (χ0n) is 31.5. The first-order valence-electron chi connectivity index (χ1n) is 20.4. The molecular weight excluding hydrogens is 622 g/mol. The summed E-state index contributed by atoms with van der Waals surface area (Å²) < 4.78 is 11.2. The van der Waals surface area contributed by atoms with Gasteiger partial charge in [-0.25, -0.2) is 0 Å². The van der Waals surface area contributed by atoms with Gasteiger partial charge in [0.25, 0.3) is 0 Å². The molecule has 1 saturated heterocycles. The molecule has 9 nitrogen and oxygen atoms in total. The number of hydrogen-bond acceptors (Lipinski definition) is 8. The molecule has 1 amide bonds. The lowest BCUT2D eigenvalue weighted by atomic mass is 9.99. The van der Waals surface area contributed by atoms with Crippen LogP contribution in [0.25, 0.3) is 0 Å².